The lowest BCUT2D eigenvalue weighted by Crippen LogP contribution is -2.41. The van der Waals surface area contributed by atoms with Crippen molar-refractivity contribution in [2.45, 2.75) is 32.4 Å². The Kier molecular flexibility index (Phi) is 4.78. The molecule has 4 nitrogen and oxygen atoms in total. The molecule has 1 N–H and O–H groups in total. The van der Waals surface area contributed by atoms with Crippen LogP contribution in [0.2, 0.25) is 5.02 Å². The molecule has 1 aromatic carbocycles. The summed E-state index contributed by atoms with van der Waals surface area (Å²) in [5, 5.41) is 3.53. The number of nitrogens with zero attached hydrogens (tertiary/aromatic N) is 1. The zero-order chi connectivity index (χ0) is 14.7. The Balaban J connectivity index is 1.97. The summed E-state index contributed by atoms with van der Waals surface area (Å²) < 4.78 is 0. The normalized spacial score (nSPS) is 20.6. The third-order valence-corrected chi connectivity index (χ3v) is 3.93. The van der Waals surface area contributed by atoms with Gasteiger partial charge in [-0.15, -0.1) is 0 Å². The van der Waals surface area contributed by atoms with Gasteiger partial charge in [0.2, 0.25) is 5.91 Å². The van der Waals surface area contributed by atoms with Crippen LogP contribution in [0.3, 0.4) is 0 Å². The highest BCUT2D eigenvalue weighted by molar-refractivity contribution is 6.30. The van der Waals surface area contributed by atoms with E-state index in [0.29, 0.717) is 10.6 Å². The average Bonchev–Trinajstić information content (AvgIpc) is 2.85. The topological polar surface area (TPSA) is 49.4 Å². The maximum Gasteiger partial charge on any atom is 0.217 e. The highest BCUT2D eigenvalue weighted by Gasteiger charge is 2.30. The third kappa shape index (κ3) is 3.58. The number of benzene rings is 1. The number of carbonyl (C=O) groups excluding carboxylic acids is 2. The molecule has 1 aliphatic rings. The summed E-state index contributed by atoms with van der Waals surface area (Å²) in [6.07, 6.45) is 0.887. The number of rotatable bonds is 4. The SMILES string of the molecule is CC(=O)NC1CCN(C(C)C(=O)c2ccc(Cl)cc2)C1. The summed E-state index contributed by atoms with van der Waals surface area (Å²) in [5.41, 5.74) is 0.671. The molecule has 20 heavy (non-hydrogen) atoms. The van der Waals surface area contributed by atoms with Crippen molar-refractivity contribution in [2.24, 2.45) is 0 Å². The highest BCUT2D eigenvalue weighted by atomic mass is 35.5. The largest absolute Gasteiger partial charge is 0.352 e. The van der Waals surface area contributed by atoms with Gasteiger partial charge in [-0.05, 0) is 37.6 Å². The molecule has 1 aliphatic heterocycles. The van der Waals surface area contributed by atoms with Gasteiger partial charge in [0.05, 0.1) is 6.04 Å². The van der Waals surface area contributed by atoms with Crippen molar-refractivity contribution in [3.63, 3.8) is 0 Å². The molecule has 0 aliphatic carbocycles. The van der Waals surface area contributed by atoms with E-state index in [-0.39, 0.29) is 23.8 Å². The van der Waals surface area contributed by atoms with Crippen molar-refractivity contribution in [3.8, 4) is 0 Å². The van der Waals surface area contributed by atoms with Crippen molar-refractivity contribution in [3.05, 3.63) is 34.9 Å². The van der Waals surface area contributed by atoms with Crippen molar-refractivity contribution in [1.29, 1.82) is 0 Å². The van der Waals surface area contributed by atoms with Gasteiger partial charge in [0.15, 0.2) is 5.78 Å². The predicted molar refractivity (Wildman–Crippen MR) is 79.0 cm³/mol. The first-order valence-electron chi connectivity index (χ1n) is 6.78. The maximum atomic E-state index is 12.4. The van der Waals surface area contributed by atoms with E-state index in [0.717, 1.165) is 19.5 Å². The maximum absolute atomic E-state index is 12.4. The molecule has 1 fully saturated rings. The minimum atomic E-state index is -0.185. The van der Waals surface area contributed by atoms with E-state index in [2.05, 4.69) is 10.2 Å². The second kappa shape index (κ2) is 6.37. The van der Waals surface area contributed by atoms with E-state index in [1.54, 1.807) is 24.3 Å². The van der Waals surface area contributed by atoms with Crippen LogP contribution in [0.5, 0.6) is 0 Å². The Morgan fingerprint density at radius 3 is 2.60 bits per heavy atom. The fourth-order valence-electron chi connectivity index (χ4n) is 2.57. The minimum Gasteiger partial charge on any atom is -0.352 e. The molecule has 1 saturated heterocycles. The van der Waals surface area contributed by atoms with Crippen molar-refractivity contribution in [1.82, 2.24) is 10.2 Å². The van der Waals surface area contributed by atoms with E-state index in [1.165, 1.54) is 6.92 Å². The van der Waals surface area contributed by atoms with E-state index >= 15 is 0 Å². The van der Waals surface area contributed by atoms with E-state index in [1.807, 2.05) is 6.92 Å². The number of ketones is 1. The quantitative estimate of drug-likeness (QED) is 0.866. The second-order valence-electron chi connectivity index (χ2n) is 5.23. The first-order chi connectivity index (χ1) is 9.47. The van der Waals surface area contributed by atoms with Crippen LogP contribution in [0, 0.1) is 0 Å². The molecular formula is C15H19ClN2O2. The van der Waals surface area contributed by atoms with Gasteiger partial charge in [-0.25, -0.2) is 0 Å². The third-order valence-electron chi connectivity index (χ3n) is 3.68. The van der Waals surface area contributed by atoms with Crippen LogP contribution in [0.25, 0.3) is 0 Å². The zero-order valence-electron chi connectivity index (χ0n) is 11.7. The van der Waals surface area contributed by atoms with Crippen LogP contribution in [-0.4, -0.2) is 41.8 Å². The van der Waals surface area contributed by atoms with Crippen LogP contribution < -0.4 is 5.32 Å². The van der Waals surface area contributed by atoms with Crippen LogP contribution >= 0.6 is 11.6 Å². The molecule has 1 amide bonds. The number of hydrogen-bond acceptors (Lipinski definition) is 3. The number of amides is 1. The first-order valence-corrected chi connectivity index (χ1v) is 7.16. The van der Waals surface area contributed by atoms with Crippen LogP contribution in [0.4, 0.5) is 0 Å². The fraction of sp³-hybridized carbons (Fsp3) is 0.467. The number of halogens is 1. The van der Waals surface area contributed by atoms with Gasteiger partial charge in [-0.3, -0.25) is 14.5 Å². The molecular weight excluding hydrogens is 276 g/mol. The molecule has 0 aromatic heterocycles. The molecule has 1 aromatic rings. The molecule has 108 valence electrons. The Bertz CT molecular complexity index is 501. The first kappa shape index (κ1) is 15.0. The number of likely N-dealkylation sites (tertiary alicyclic amines) is 1. The number of carbonyl (C=O) groups is 2. The standard InChI is InChI=1S/C15H19ClN2O2/c1-10(15(20)12-3-5-13(16)6-4-12)18-8-7-14(9-18)17-11(2)19/h3-6,10,14H,7-9H2,1-2H3,(H,17,19). The monoisotopic (exact) mass is 294 g/mol. The van der Waals surface area contributed by atoms with E-state index in [4.69, 9.17) is 11.6 Å². The Morgan fingerprint density at radius 1 is 1.35 bits per heavy atom. The highest BCUT2D eigenvalue weighted by Crippen LogP contribution is 2.17. The molecule has 2 rings (SSSR count). The van der Waals surface area contributed by atoms with Gasteiger partial charge in [0.1, 0.15) is 0 Å². The van der Waals surface area contributed by atoms with Crippen molar-refractivity contribution in [2.75, 3.05) is 13.1 Å². The summed E-state index contributed by atoms with van der Waals surface area (Å²) in [7, 11) is 0. The molecule has 2 unspecified atom stereocenters. The van der Waals surface area contributed by atoms with Gasteiger partial charge in [-0.1, -0.05) is 11.6 Å². The molecule has 0 bridgehead atoms. The molecule has 1 heterocycles. The summed E-state index contributed by atoms with van der Waals surface area (Å²) in [6.45, 7) is 4.98. The number of hydrogen-bond donors (Lipinski definition) is 1. The summed E-state index contributed by atoms with van der Waals surface area (Å²) in [5.74, 6) is 0.0682. The Hall–Kier alpha value is -1.39. The lowest BCUT2D eigenvalue weighted by Gasteiger charge is -2.23. The lowest BCUT2D eigenvalue weighted by molar-refractivity contribution is -0.119. The zero-order valence-corrected chi connectivity index (χ0v) is 12.5. The fourth-order valence-corrected chi connectivity index (χ4v) is 2.69. The Morgan fingerprint density at radius 2 is 2.00 bits per heavy atom. The van der Waals surface area contributed by atoms with Crippen LogP contribution in [0.1, 0.15) is 30.6 Å². The van der Waals surface area contributed by atoms with Crippen molar-refractivity contribution >= 4 is 23.3 Å². The van der Waals surface area contributed by atoms with Gasteiger partial charge in [-0.2, -0.15) is 0 Å². The van der Waals surface area contributed by atoms with Gasteiger partial charge >= 0.3 is 0 Å². The minimum absolute atomic E-state index is 0.0199. The second-order valence-corrected chi connectivity index (χ2v) is 5.66. The van der Waals surface area contributed by atoms with E-state index < -0.39 is 0 Å². The molecule has 2 atom stereocenters. The molecule has 0 spiro atoms. The van der Waals surface area contributed by atoms with Gasteiger partial charge in [0, 0.05) is 36.6 Å². The molecule has 0 radical (unpaired) electrons. The summed E-state index contributed by atoms with van der Waals surface area (Å²) in [6, 6.07) is 6.92. The van der Waals surface area contributed by atoms with Crippen LogP contribution in [-0.2, 0) is 4.79 Å². The van der Waals surface area contributed by atoms with Crippen LogP contribution in [0.15, 0.2) is 24.3 Å². The summed E-state index contributed by atoms with van der Waals surface area (Å²) in [4.78, 5) is 25.6. The van der Waals surface area contributed by atoms with Gasteiger partial charge in [0.25, 0.3) is 0 Å². The number of nitrogens with one attached hydrogen (secondary N) is 1. The average molecular weight is 295 g/mol. The molecule has 5 heteroatoms. The van der Waals surface area contributed by atoms with Crippen molar-refractivity contribution < 1.29 is 9.59 Å². The smallest absolute Gasteiger partial charge is 0.217 e. The molecule has 0 saturated carbocycles. The van der Waals surface area contributed by atoms with E-state index in [9.17, 15) is 9.59 Å². The Labute approximate surface area is 124 Å². The number of Topliss-reactive ketones (excluding diaryl/α,β-unsaturated/α-hetero) is 1. The summed E-state index contributed by atoms with van der Waals surface area (Å²) >= 11 is 5.83. The van der Waals surface area contributed by atoms with Gasteiger partial charge < -0.3 is 5.32 Å². The predicted octanol–water partition coefficient (Wildman–Crippen LogP) is 2.12. The lowest BCUT2D eigenvalue weighted by atomic mass is 10.0.